The molecule has 400 valence electrons. The monoisotopic (exact) mass is 1080 g/mol. The molecule has 0 radical (unpaired) electrons. The van der Waals surface area contributed by atoms with Gasteiger partial charge in [0.2, 0.25) is 0 Å². The highest BCUT2D eigenvalue weighted by Crippen LogP contribution is 2.54. The molecular weight excluding hydrogens is 1030 g/mol. The number of fused-ring (bicyclic) bond motifs is 12. The standard InChI is InChI=1S/C81H56N4/c1-81(2)72-47-56-29-19-18-28-55(56)46-69(72)64-43-40-60(50-73(64)81)82(57-30-12-5-13-31-57)61-42-45-67-70-48-63(83(58-32-14-6-15-33-58)62-41-44-66-65-36-20-22-38-74(65)84(76(66)51-62)59-34-16-7-17-35-59)49-71-79(54-26-10-4-11-27-54)78(53-24-8-3-9-25-53)68-37-21-23-39-75(68)85(80(70)71)77(67)52-61/h3-52H,1-2H3. The molecule has 0 saturated carbocycles. The van der Waals surface area contributed by atoms with Crippen molar-refractivity contribution in [2.75, 3.05) is 9.80 Å². The number of aromatic nitrogens is 2. The van der Waals surface area contributed by atoms with Gasteiger partial charge >= 0.3 is 0 Å². The first kappa shape index (κ1) is 48.7. The number of rotatable bonds is 9. The molecule has 17 rings (SSSR count). The van der Waals surface area contributed by atoms with Crippen LogP contribution in [0.5, 0.6) is 0 Å². The summed E-state index contributed by atoms with van der Waals surface area (Å²) in [5.74, 6) is 0. The molecule has 1 aliphatic heterocycles. The lowest BCUT2D eigenvalue weighted by molar-refractivity contribution is 0.661. The molecule has 2 aromatic heterocycles. The van der Waals surface area contributed by atoms with Crippen LogP contribution >= 0.6 is 0 Å². The van der Waals surface area contributed by atoms with Crippen molar-refractivity contribution in [3.8, 4) is 22.5 Å². The van der Waals surface area contributed by atoms with Crippen LogP contribution < -0.4 is 9.80 Å². The lowest BCUT2D eigenvalue weighted by Crippen LogP contribution is -2.16. The maximum absolute atomic E-state index is 2.58. The molecule has 0 saturated heterocycles. The summed E-state index contributed by atoms with van der Waals surface area (Å²) in [5, 5.41) is 7.32. The van der Waals surface area contributed by atoms with Crippen molar-refractivity contribution in [1.29, 1.82) is 0 Å². The molecule has 0 fully saturated rings. The fourth-order valence-corrected chi connectivity index (χ4v) is 14.3. The summed E-state index contributed by atoms with van der Waals surface area (Å²) in [4.78, 5) is 4.93. The topological polar surface area (TPSA) is 16.3 Å². The average Bonchev–Trinajstić information content (AvgIpc) is 2.88. The Morgan fingerprint density at radius 1 is 0.282 bits per heavy atom. The van der Waals surface area contributed by atoms with Gasteiger partial charge < -0.3 is 18.9 Å². The Kier molecular flexibility index (Phi) is 10.9. The molecule has 0 spiro atoms. The van der Waals surface area contributed by atoms with Crippen molar-refractivity contribution in [2.45, 2.75) is 19.3 Å². The van der Waals surface area contributed by atoms with E-state index >= 15 is 0 Å². The molecule has 4 heteroatoms. The molecule has 15 aromatic rings. The number of hydrogen-bond acceptors (Lipinski definition) is 2. The smallest absolute Gasteiger partial charge is 0.0621 e. The van der Waals surface area contributed by atoms with Crippen LogP contribution in [0.25, 0.3) is 88.0 Å². The number of benzene rings is 13. The second kappa shape index (κ2) is 19.1. The summed E-state index contributed by atoms with van der Waals surface area (Å²) in [6.45, 7) is 4.78. The highest BCUT2D eigenvalue weighted by atomic mass is 15.2. The van der Waals surface area contributed by atoms with E-state index in [1.807, 2.05) is 0 Å². The quantitative estimate of drug-likeness (QED) is 0.143. The van der Waals surface area contributed by atoms with Gasteiger partial charge in [-0.05, 0) is 164 Å². The highest BCUT2D eigenvalue weighted by Gasteiger charge is 2.37. The molecule has 0 N–H and O–H groups in total. The Hall–Kier alpha value is -10.9. The van der Waals surface area contributed by atoms with Gasteiger partial charge in [0.05, 0.1) is 27.8 Å². The summed E-state index contributed by atoms with van der Waals surface area (Å²) < 4.78 is 5.00. The van der Waals surface area contributed by atoms with Crippen LogP contribution in [0.4, 0.5) is 34.1 Å². The van der Waals surface area contributed by atoms with E-state index in [-0.39, 0.29) is 5.41 Å². The number of anilines is 6. The van der Waals surface area contributed by atoms with Crippen LogP contribution in [0.2, 0.25) is 0 Å². The van der Waals surface area contributed by atoms with E-state index in [0.29, 0.717) is 0 Å². The van der Waals surface area contributed by atoms with Crippen molar-refractivity contribution in [1.82, 2.24) is 9.13 Å². The first-order chi connectivity index (χ1) is 41.9. The third kappa shape index (κ3) is 7.55. The second-order valence-corrected chi connectivity index (χ2v) is 23.3. The van der Waals surface area contributed by atoms with Crippen LogP contribution in [-0.4, -0.2) is 9.13 Å². The summed E-state index contributed by atoms with van der Waals surface area (Å²) >= 11 is 0. The third-order valence-electron chi connectivity index (χ3n) is 18.1. The maximum Gasteiger partial charge on any atom is 0.0621 e. The van der Waals surface area contributed by atoms with E-state index in [9.17, 15) is 0 Å². The van der Waals surface area contributed by atoms with Gasteiger partial charge in [0.1, 0.15) is 0 Å². The summed E-state index contributed by atoms with van der Waals surface area (Å²) in [5.41, 5.74) is 25.5. The molecule has 2 aliphatic rings. The van der Waals surface area contributed by atoms with Gasteiger partial charge in [0.15, 0.2) is 0 Å². The molecule has 4 nitrogen and oxygen atoms in total. The maximum atomic E-state index is 2.58. The first-order valence-corrected chi connectivity index (χ1v) is 29.5. The molecule has 0 bridgehead atoms. The number of para-hydroxylation sites is 5. The van der Waals surface area contributed by atoms with Gasteiger partial charge in [-0.15, -0.1) is 0 Å². The highest BCUT2D eigenvalue weighted by molar-refractivity contribution is 6.21. The molecule has 0 unspecified atom stereocenters. The summed E-state index contributed by atoms with van der Waals surface area (Å²) in [7, 11) is 0. The van der Waals surface area contributed by atoms with Crippen molar-refractivity contribution >= 4 is 99.7 Å². The zero-order chi connectivity index (χ0) is 56.3. The SMILES string of the molecule is CC1(C)c2cc(N(c3ccccc3)c3ccc4c5cc(N(c6ccccc6)c6ccc7c8ccccc8n(-c8ccccc8)c7c6)cc6c5n(c4c3)-c3ccccc3C(c3ccccc3)=C6c3ccccc3)ccc2-c2cc3ccccc3cc21. The normalized spacial score (nSPS) is 13.1. The predicted molar refractivity (Wildman–Crippen MR) is 357 cm³/mol. The van der Waals surface area contributed by atoms with Gasteiger partial charge in [0.25, 0.3) is 0 Å². The van der Waals surface area contributed by atoms with Gasteiger partial charge in [-0.2, -0.15) is 0 Å². The fourth-order valence-electron chi connectivity index (χ4n) is 14.3. The average molecular weight is 1090 g/mol. The summed E-state index contributed by atoms with van der Waals surface area (Å²) in [6.07, 6.45) is 0. The zero-order valence-corrected chi connectivity index (χ0v) is 47.2. The van der Waals surface area contributed by atoms with Crippen molar-refractivity contribution < 1.29 is 0 Å². The van der Waals surface area contributed by atoms with Crippen molar-refractivity contribution in [2.24, 2.45) is 0 Å². The minimum atomic E-state index is -0.212. The first-order valence-electron chi connectivity index (χ1n) is 29.5. The molecule has 3 heterocycles. The Morgan fingerprint density at radius 3 is 1.44 bits per heavy atom. The molecule has 13 aromatic carbocycles. The summed E-state index contributed by atoms with van der Waals surface area (Å²) in [6, 6.07) is 112. The van der Waals surface area contributed by atoms with Gasteiger partial charge in [0, 0.05) is 77.9 Å². The van der Waals surface area contributed by atoms with Gasteiger partial charge in [-0.1, -0.05) is 208 Å². The number of nitrogens with zero attached hydrogens (tertiary/aromatic N) is 4. The lowest BCUT2D eigenvalue weighted by atomic mass is 9.81. The Morgan fingerprint density at radius 2 is 0.765 bits per heavy atom. The number of hydrogen-bond donors (Lipinski definition) is 0. The van der Waals surface area contributed by atoms with Crippen LogP contribution in [0.15, 0.2) is 303 Å². The van der Waals surface area contributed by atoms with Crippen LogP contribution in [-0.2, 0) is 5.41 Å². The van der Waals surface area contributed by atoms with Crippen molar-refractivity contribution in [3.05, 3.63) is 337 Å². The third-order valence-corrected chi connectivity index (χ3v) is 18.1. The second-order valence-electron chi connectivity index (χ2n) is 23.3. The van der Waals surface area contributed by atoms with Crippen LogP contribution in [0, 0.1) is 0 Å². The fraction of sp³-hybridized carbons (Fsp3) is 0.0370. The van der Waals surface area contributed by atoms with E-state index in [4.69, 9.17) is 0 Å². The van der Waals surface area contributed by atoms with E-state index in [2.05, 4.69) is 336 Å². The molecule has 0 amide bonds. The van der Waals surface area contributed by atoms with Crippen LogP contribution in [0.3, 0.4) is 0 Å². The van der Waals surface area contributed by atoms with E-state index in [1.165, 1.54) is 76.8 Å². The van der Waals surface area contributed by atoms with E-state index in [1.54, 1.807) is 0 Å². The Bertz CT molecular complexity index is 5190. The lowest BCUT2D eigenvalue weighted by Gasteiger charge is -2.28. The molecule has 0 atom stereocenters. The Labute approximate surface area is 494 Å². The minimum Gasteiger partial charge on any atom is -0.310 e. The van der Waals surface area contributed by atoms with Gasteiger partial charge in [-0.3, -0.25) is 0 Å². The molecular formula is C81H56N4. The Balaban J connectivity index is 0.950. The van der Waals surface area contributed by atoms with Gasteiger partial charge in [-0.25, -0.2) is 0 Å². The minimum absolute atomic E-state index is 0.212. The van der Waals surface area contributed by atoms with Crippen molar-refractivity contribution in [3.63, 3.8) is 0 Å². The predicted octanol–water partition coefficient (Wildman–Crippen LogP) is 21.6. The van der Waals surface area contributed by atoms with Crippen LogP contribution in [0.1, 0.15) is 47.2 Å². The molecule has 85 heavy (non-hydrogen) atoms. The molecule has 1 aliphatic carbocycles. The van der Waals surface area contributed by atoms with E-state index in [0.717, 1.165) is 78.7 Å². The zero-order valence-electron chi connectivity index (χ0n) is 47.2. The largest absolute Gasteiger partial charge is 0.310 e. The van der Waals surface area contributed by atoms with E-state index < -0.39 is 0 Å².